The molecule has 1 rings (SSSR count). The third-order valence-corrected chi connectivity index (χ3v) is 7.26. The van der Waals surface area contributed by atoms with Gasteiger partial charge in [-0.1, -0.05) is 18.2 Å². The summed E-state index contributed by atoms with van der Waals surface area (Å²) in [4.78, 5) is 0. The highest BCUT2D eigenvalue weighted by Crippen LogP contribution is 2.24. The maximum atomic E-state index is 3.87. The molecule has 0 radical (unpaired) electrons. The molecule has 0 saturated heterocycles. The van der Waals surface area contributed by atoms with Crippen LogP contribution < -0.4 is 0 Å². The van der Waals surface area contributed by atoms with Gasteiger partial charge in [-0.25, -0.2) is 0 Å². The zero-order valence-electron chi connectivity index (χ0n) is 9.23. The van der Waals surface area contributed by atoms with Gasteiger partial charge in [-0.2, -0.15) is 0 Å². The molecule has 0 atom stereocenters. The second kappa shape index (κ2) is 5.56. The van der Waals surface area contributed by atoms with Crippen LogP contribution >= 0.6 is 0 Å². The predicted molar refractivity (Wildman–Crippen MR) is 70.6 cm³/mol. The summed E-state index contributed by atoms with van der Waals surface area (Å²) >= 11 is 0. The SMILES string of the molecule is C=CC[Si](CC=C)(CC=C)n1cccc1. The van der Waals surface area contributed by atoms with Crippen LogP contribution in [0.3, 0.4) is 0 Å². The molecule has 0 aliphatic carbocycles. The van der Waals surface area contributed by atoms with Crippen LogP contribution in [-0.4, -0.2) is 12.5 Å². The maximum Gasteiger partial charge on any atom is 0.172 e. The molecule has 1 heterocycles. The van der Waals surface area contributed by atoms with Crippen molar-refractivity contribution in [1.29, 1.82) is 0 Å². The maximum absolute atomic E-state index is 3.87. The van der Waals surface area contributed by atoms with Crippen LogP contribution in [-0.2, 0) is 0 Å². The van der Waals surface area contributed by atoms with Gasteiger partial charge in [-0.15, -0.1) is 19.7 Å². The molecular formula is C13H19NSi. The number of hydrogen-bond acceptors (Lipinski definition) is 0. The third kappa shape index (κ3) is 2.60. The molecule has 15 heavy (non-hydrogen) atoms. The Bertz CT molecular complexity index is 298. The quantitative estimate of drug-likeness (QED) is 0.483. The number of nitrogens with zero attached hydrogens (tertiary/aromatic N) is 1. The third-order valence-electron chi connectivity index (χ3n) is 2.73. The second-order valence-corrected chi connectivity index (χ2v) is 7.98. The fourth-order valence-corrected chi connectivity index (χ4v) is 5.57. The first-order chi connectivity index (χ1) is 7.29. The minimum absolute atomic E-state index is 1.07. The van der Waals surface area contributed by atoms with Crippen molar-refractivity contribution in [3.8, 4) is 0 Å². The Morgan fingerprint density at radius 3 is 1.60 bits per heavy atom. The van der Waals surface area contributed by atoms with E-state index in [0.29, 0.717) is 0 Å². The summed E-state index contributed by atoms with van der Waals surface area (Å²) in [6, 6.07) is 7.37. The van der Waals surface area contributed by atoms with Gasteiger partial charge in [0.1, 0.15) is 0 Å². The van der Waals surface area contributed by atoms with Gasteiger partial charge >= 0.3 is 0 Å². The number of allylic oxidation sites excluding steroid dienone is 3. The van der Waals surface area contributed by atoms with Crippen LogP contribution in [0.5, 0.6) is 0 Å². The minimum atomic E-state index is -1.56. The van der Waals surface area contributed by atoms with Crippen molar-refractivity contribution in [2.24, 2.45) is 0 Å². The first kappa shape index (κ1) is 11.8. The lowest BCUT2D eigenvalue weighted by Gasteiger charge is -2.30. The van der Waals surface area contributed by atoms with Gasteiger partial charge in [0.15, 0.2) is 8.24 Å². The highest BCUT2D eigenvalue weighted by atomic mass is 28.3. The second-order valence-electron chi connectivity index (χ2n) is 3.79. The van der Waals surface area contributed by atoms with Gasteiger partial charge in [-0.3, -0.25) is 0 Å². The van der Waals surface area contributed by atoms with Crippen LogP contribution in [0.1, 0.15) is 0 Å². The van der Waals surface area contributed by atoms with Crippen molar-refractivity contribution < 1.29 is 0 Å². The Labute approximate surface area is 93.5 Å². The molecule has 0 saturated carbocycles. The molecule has 0 fully saturated rings. The van der Waals surface area contributed by atoms with E-state index in [1.54, 1.807) is 0 Å². The van der Waals surface area contributed by atoms with Crippen molar-refractivity contribution in [1.82, 2.24) is 4.23 Å². The Hall–Kier alpha value is -1.28. The number of hydrogen-bond donors (Lipinski definition) is 0. The van der Waals surface area contributed by atoms with Crippen LogP contribution in [0.15, 0.2) is 62.5 Å². The van der Waals surface area contributed by atoms with Crippen molar-refractivity contribution in [3.63, 3.8) is 0 Å². The van der Waals surface area contributed by atoms with E-state index in [1.807, 2.05) is 18.2 Å². The largest absolute Gasteiger partial charge is 0.379 e. The monoisotopic (exact) mass is 217 g/mol. The molecule has 0 N–H and O–H groups in total. The fourth-order valence-electron chi connectivity index (χ4n) is 2.02. The summed E-state index contributed by atoms with van der Waals surface area (Å²) in [6.45, 7) is 11.6. The molecule has 0 amide bonds. The molecule has 0 bridgehead atoms. The molecule has 0 spiro atoms. The molecule has 80 valence electrons. The van der Waals surface area contributed by atoms with Gasteiger partial charge in [0.2, 0.25) is 0 Å². The molecule has 1 aromatic heterocycles. The first-order valence-electron chi connectivity index (χ1n) is 5.25. The minimum Gasteiger partial charge on any atom is -0.379 e. The zero-order valence-corrected chi connectivity index (χ0v) is 10.2. The summed E-state index contributed by atoms with van der Waals surface area (Å²) in [6.07, 6.45) is 10.4. The van der Waals surface area contributed by atoms with E-state index < -0.39 is 8.24 Å². The molecule has 0 aliphatic rings. The standard InChI is InChI=1S/C13H19NSi/c1-4-11-15(12-5-2,13-6-3)14-9-7-8-10-14/h4-10H,1-3,11-13H2. The van der Waals surface area contributed by atoms with Crippen molar-refractivity contribution in [3.05, 3.63) is 62.5 Å². The first-order valence-corrected chi connectivity index (χ1v) is 7.82. The molecule has 0 unspecified atom stereocenters. The van der Waals surface area contributed by atoms with Crippen molar-refractivity contribution in [2.45, 2.75) is 18.1 Å². The van der Waals surface area contributed by atoms with Gasteiger partial charge in [-0.05, 0) is 42.7 Å². The lowest BCUT2D eigenvalue weighted by Crippen LogP contribution is -2.40. The lowest BCUT2D eigenvalue weighted by molar-refractivity contribution is 1.08. The van der Waals surface area contributed by atoms with E-state index in [1.165, 1.54) is 0 Å². The molecule has 0 aliphatic heterocycles. The molecule has 1 nitrogen and oxygen atoms in total. The van der Waals surface area contributed by atoms with Crippen LogP contribution in [0.4, 0.5) is 0 Å². The van der Waals surface area contributed by atoms with Crippen LogP contribution in [0.2, 0.25) is 18.1 Å². The van der Waals surface area contributed by atoms with Crippen molar-refractivity contribution in [2.75, 3.05) is 0 Å². The summed E-state index contributed by atoms with van der Waals surface area (Å²) < 4.78 is 2.37. The Kier molecular flexibility index (Phi) is 4.37. The van der Waals surface area contributed by atoms with Crippen LogP contribution in [0, 0.1) is 0 Å². The van der Waals surface area contributed by atoms with E-state index in [9.17, 15) is 0 Å². The molecule has 0 aromatic carbocycles. The molecular weight excluding hydrogens is 198 g/mol. The van der Waals surface area contributed by atoms with Gasteiger partial charge in [0, 0.05) is 0 Å². The Morgan fingerprint density at radius 2 is 1.27 bits per heavy atom. The average Bonchev–Trinajstić information content (AvgIpc) is 2.72. The fraction of sp³-hybridized carbons (Fsp3) is 0.231. The highest BCUT2D eigenvalue weighted by Gasteiger charge is 2.30. The van der Waals surface area contributed by atoms with Gasteiger partial charge in [0.05, 0.1) is 0 Å². The Balaban J connectivity index is 3.05. The van der Waals surface area contributed by atoms with Crippen molar-refractivity contribution >= 4 is 8.24 Å². The smallest absolute Gasteiger partial charge is 0.172 e. The number of rotatable bonds is 7. The molecule has 1 aromatic rings. The lowest BCUT2D eigenvalue weighted by atomic mass is 10.7. The summed E-state index contributed by atoms with van der Waals surface area (Å²) in [7, 11) is -1.56. The van der Waals surface area contributed by atoms with E-state index in [4.69, 9.17) is 0 Å². The summed E-state index contributed by atoms with van der Waals surface area (Å²) in [5, 5.41) is 0. The highest BCUT2D eigenvalue weighted by molar-refractivity contribution is 6.79. The molecule has 2 heteroatoms. The van der Waals surface area contributed by atoms with Gasteiger partial charge in [0.25, 0.3) is 0 Å². The normalized spacial score (nSPS) is 10.9. The van der Waals surface area contributed by atoms with E-state index in [-0.39, 0.29) is 0 Å². The zero-order chi connectivity index (χ0) is 11.1. The summed E-state index contributed by atoms with van der Waals surface area (Å²) in [5.41, 5.74) is 0. The predicted octanol–water partition coefficient (Wildman–Crippen LogP) is 3.84. The van der Waals surface area contributed by atoms with Crippen LogP contribution in [0.25, 0.3) is 0 Å². The van der Waals surface area contributed by atoms with E-state index >= 15 is 0 Å². The number of aromatic nitrogens is 1. The van der Waals surface area contributed by atoms with Gasteiger partial charge < -0.3 is 4.23 Å². The van der Waals surface area contributed by atoms with E-state index in [0.717, 1.165) is 18.1 Å². The van der Waals surface area contributed by atoms with E-state index in [2.05, 4.69) is 48.5 Å². The topological polar surface area (TPSA) is 4.93 Å². The average molecular weight is 217 g/mol. The Morgan fingerprint density at radius 1 is 0.867 bits per heavy atom. The summed E-state index contributed by atoms with van der Waals surface area (Å²) in [5.74, 6) is 0.